The highest BCUT2D eigenvalue weighted by Gasteiger charge is 2.42. The summed E-state index contributed by atoms with van der Waals surface area (Å²) >= 11 is 0. The number of carboxylic acids is 1. The second kappa shape index (κ2) is 10.9. The smallest absolute Gasteiger partial charge is 0.308 e. The molecule has 0 fully saturated rings. The van der Waals surface area contributed by atoms with Gasteiger partial charge >= 0.3 is 11.9 Å². The van der Waals surface area contributed by atoms with Crippen molar-refractivity contribution in [3.05, 3.63) is 23.8 Å². The van der Waals surface area contributed by atoms with Crippen LogP contribution in [0.4, 0.5) is 0 Å². The summed E-state index contributed by atoms with van der Waals surface area (Å²) in [5.41, 5.74) is 1.01. The maximum absolute atomic E-state index is 12.4. The van der Waals surface area contributed by atoms with E-state index in [2.05, 4.69) is 13.0 Å². The Kier molecular flexibility index (Phi) is 8.90. The number of esters is 1. The molecular formula is C23H36O6. The summed E-state index contributed by atoms with van der Waals surface area (Å²) in [6.07, 6.45) is 7.94. The molecule has 2 rings (SSSR count). The molecule has 164 valence electrons. The Morgan fingerprint density at radius 3 is 2.69 bits per heavy atom. The Morgan fingerprint density at radius 1 is 1.31 bits per heavy atom. The molecule has 6 heteroatoms. The highest BCUT2D eigenvalue weighted by Crippen LogP contribution is 2.44. The maximum Gasteiger partial charge on any atom is 0.308 e. The van der Waals surface area contributed by atoms with E-state index in [0.717, 1.165) is 12.0 Å². The predicted octanol–water partition coefficient (Wildman–Crippen LogP) is 3.47. The van der Waals surface area contributed by atoms with Crippen molar-refractivity contribution in [1.82, 2.24) is 0 Å². The molecule has 0 saturated carbocycles. The minimum absolute atomic E-state index is 0.0117. The van der Waals surface area contributed by atoms with E-state index in [0.29, 0.717) is 32.1 Å². The third-order valence-corrected chi connectivity index (χ3v) is 6.42. The predicted molar refractivity (Wildman–Crippen MR) is 110 cm³/mol. The molecule has 7 atom stereocenters. The van der Waals surface area contributed by atoms with Gasteiger partial charge in [0.15, 0.2) is 0 Å². The first kappa shape index (κ1) is 23.6. The molecule has 0 aromatic heterocycles. The van der Waals surface area contributed by atoms with Crippen molar-refractivity contribution in [2.24, 2.45) is 23.7 Å². The van der Waals surface area contributed by atoms with E-state index in [1.54, 1.807) is 0 Å². The van der Waals surface area contributed by atoms with Gasteiger partial charge in [-0.2, -0.15) is 0 Å². The topological polar surface area (TPSA) is 104 Å². The van der Waals surface area contributed by atoms with Gasteiger partial charge in [0.2, 0.25) is 0 Å². The number of aliphatic hydroxyl groups is 2. The van der Waals surface area contributed by atoms with Gasteiger partial charge in [-0.3, -0.25) is 9.59 Å². The molecule has 0 aromatic carbocycles. The second-order valence-corrected chi connectivity index (χ2v) is 8.68. The van der Waals surface area contributed by atoms with Gasteiger partial charge in [-0.05, 0) is 49.5 Å². The van der Waals surface area contributed by atoms with Crippen molar-refractivity contribution in [2.45, 2.75) is 84.0 Å². The number of carbonyl (C=O) groups is 2. The Balaban J connectivity index is 2.07. The summed E-state index contributed by atoms with van der Waals surface area (Å²) in [7, 11) is 0. The fourth-order valence-electron chi connectivity index (χ4n) is 4.44. The van der Waals surface area contributed by atoms with Crippen molar-refractivity contribution in [1.29, 1.82) is 0 Å². The van der Waals surface area contributed by atoms with Crippen LogP contribution in [-0.4, -0.2) is 45.6 Å². The van der Waals surface area contributed by atoms with Crippen LogP contribution in [0.2, 0.25) is 0 Å². The van der Waals surface area contributed by atoms with Gasteiger partial charge in [-0.15, -0.1) is 0 Å². The van der Waals surface area contributed by atoms with Gasteiger partial charge < -0.3 is 20.1 Å². The number of allylic oxidation sites excluding steroid dienone is 2. The van der Waals surface area contributed by atoms with Crippen LogP contribution in [0, 0.1) is 23.7 Å². The Bertz CT molecular complexity index is 625. The number of hydrogen-bond donors (Lipinski definition) is 3. The first-order valence-corrected chi connectivity index (χ1v) is 10.9. The van der Waals surface area contributed by atoms with E-state index < -0.39 is 18.2 Å². The fourth-order valence-corrected chi connectivity index (χ4v) is 4.44. The normalized spacial score (nSPS) is 30.8. The van der Waals surface area contributed by atoms with E-state index in [9.17, 15) is 19.8 Å². The lowest BCUT2D eigenvalue weighted by molar-refractivity contribution is -0.159. The van der Waals surface area contributed by atoms with Crippen LogP contribution in [-0.2, 0) is 14.3 Å². The van der Waals surface area contributed by atoms with Crippen molar-refractivity contribution >= 4 is 11.9 Å². The summed E-state index contributed by atoms with van der Waals surface area (Å²) in [5, 5.41) is 29.3. The third kappa shape index (κ3) is 6.68. The Labute approximate surface area is 173 Å². The zero-order valence-corrected chi connectivity index (χ0v) is 17.8. The molecular weight excluding hydrogens is 372 g/mol. The van der Waals surface area contributed by atoms with Gasteiger partial charge in [0.1, 0.15) is 6.10 Å². The average Bonchev–Trinajstić information content (AvgIpc) is 2.66. The number of hydrogen-bond acceptors (Lipinski definition) is 5. The largest absolute Gasteiger partial charge is 0.481 e. The highest BCUT2D eigenvalue weighted by atomic mass is 16.5. The lowest BCUT2D eigenvalue weighted by Crippen LogP contribution is -2.43. The van der Waals surface area contributed by atoms with Crippen LogP contribution in [0.15, 0.2) is 23.8 Å². The second-order valence-electron chi connectivity index (χ2n) is 8.68. The summed E-state index contributed by atoms with van der Waals surface area (Å²) in [4.78, 5) is 23.1. The average molecular weight is 409 g/mol. The van der Waals surface area contributed by atoms with Gasteiger partial charge in [-0.1, -0.05) is 39.0 Å². The van der Waals surface area contributed by atoms with E-state index in [1.165, 1.54) is 0 Å². The Morgan fingerprint density at radius 2 is 2.03 bits per heavy atom. The summed E-state index contributed by atoms with van der Waals surface area (Å²) in [5.74, 6) is -0.762. The first-order valence-electron chi connectivity index (χ1n) is 10.9. The molecule has 0 radical (unpaired) electrons. The number of fused-ring (bicyclic) bond motifs is 1. The van der Waals surface area contributed by atoms with Gasteiger partial charge in [-0.25, -0.2) is 0 Å². The van der Waals surface area contributed by atoms with Crippen molar-refractivity contribution < 1.29 is 29.6 Å². The van der Waals surface area contributed by atoms with Crippen molar-refractivity contribution in [3.63, 3.8) is 0 Å². The zero-order chi connectivity index (χ0) is 21.6. The third-order valence-electron chi connectivity index (χ3n) is 6.42. The van der Waals surface area contributed by atoms with Crippen LogP contribution in [0.5, 0.6) is 0 Å². The molecule has 6 unspecified atom stereocenters. The number of rotatable bonds is 10. The number of aliphatic carboxylic acids is 1. The van der Waals surface area contributed by atoms with E-state index >= 15 is 0 Å². The van der Waals surface area contributed by atoms with Crippen molar-refractivity contribution in [3.8, 4) is 0 Å². The van der Waals surface area contributed by atoms with Crippen LogP contribution < -0.4 is 0 Å². The summed E-state index contributed by atoms with van der Waals surface area (Å²) in [6, 6.07) is 0. The molecule has 29 heavy (non-hydrogen) atoms. The summed E-state index contributed by atoms with van der Waals surface area (Å²) in [6.45, 7) is 5.94. The molecule has 6 nitrogen and oxygen atoms in total. The quantitative estimate of drug-likeness (QED) is 0.478. The van der Waals surface area contributed by atoms with Gasteiger partial charge in [0.05, 0.1) is 18.1 Å². The number of ether oxygens (including phenoxy) is 1. The van der Waals surface area contributed by atoms with Crippen LogP contribution in [0.25, 0.3) is 0 Å². The minimum Gasteiger partial charge on any atom is -0.481 e. The molecule has 2 aliphatic carbocycles. The van der Waals surface area contributed by atoms with E-state index in [-0.39, 0.29) is 42.2 Å². The number of carbonyl (C=O) groups excluding carboxylic acids is 1. The lowest BCUT2D eigenvalue weighted by atomic mass is 9.66. The van der Waals surface area contributed by atoms with Gasteiger partial charge in [0, 0.05) is 18.8 Å². The first-order chi connectivity index (χ1) is 13.7. The number of carboxylic acid groups (broad SMARTS) is 1. The maximum atomic E-state index is 12.4. The molecule has 0 saturated heterocycles. The zero-order valence-electron chi connectivity index (χ0n) is 17.8. The van der Waals surface area contributed by atoms with E-state index in [4.69, 9.17) is 9.84 Å². The van der Waals surface area contributed by atoms with E-state index in [1.807, 2.05) is 26.0 Å². The fraction of sp³-hybridized carbons (Fsp3) is 0.739. The van der Waals surface area contributed by atoms with Crippen LogP contribution in [0.3, 0.4) is 0 Å². The number of aliphatic hydroxyl groups excluding tert-OH is 2. The summed E-state index contributed by atoms with van der Waals surface area (Å²) < 4.78 is 5.86. The van der Waals surface area contributed by atoms with Crippen LogP contribution >= 0.6 is 0 Å². The molecule has 0 bridgehead atoms. The Hall–Kier alpha value is -1.66. The molecule has 0 aliphatic heterocycles. The molecule has 0 spiro atoms. The molecule has 0 heterocycles. The van der Waals surface area contributed by atoms with Crippen molar-refractivity contribution in [2.75, 3.05) is 0 Å². The van der Waals surface area contributed by atoms with Crippen LogP contribution in [0.1, 0.15) is 65.7 Å². The monoisotopic (exact) mass is 408 g/mol. The van der Waals surface area contributed by atoms with Gasteiger partial charge in [0.25, 0.3) is 0 Å². The molecule has 3 N–H and O–H groups in total. The highest BCUT2D eigenvalue weighted by molar-refractivity contribution is 5.72. The molecule has 0 aromatic rings. The minimum atomic E-state index is -0.843. The molecule has 0 amide bonds. The SMILES string of the molecule is CCC(C)C(=O)O[C@H]1CC(O)C=C2C=CC(C)C(CCC(O)CCCC(=O)O)C21. The molecule has 2 aliphatic rings. The standard InChI is InChI=1S/C23H36O6/c1-4-14(2)23(28)29-20-13-18(25)12-16-9-8-15(3)19(22(16)20)11-10-17(24)6-5-7-21(26)27/h8-9,12,14-15,17-20,22,24-25H,4-7,10-11,13H2,1-3H3,(H,26,27)/t14?,15?,17?,18?,19?,20-,22?/m0/s1. The lowest BCUT2D eigenvalue weighted by Gasteiger charge is -2.43.